The number of amides is 2. The lowest BCUT2D eigenvalue weighted by Gasteiger charge is -2.31. The van der Waals surface area contributed by atoms with Gasteiger partial charge in [-0.15, -0.1) is 0 Å². The second kappa shape index (κ2) is 21.8. The van der Waals surface area contributed by atoms with E-state index in [1.54, 1.807) is 46.8 Å². The first kappa shape index (κ1) is 42.8. The van der Waals surface area contributed by atoms with Gasteiger partial charge in [0.05, 0.1) is 41.2 Å². The number of carbonyl (C=O) groups is 3. The third kappa shape index (κ3) is 13.8. The Bertz CT molecular complexity index is 1440. The standard InChI is InChI=1S/C37H51Cl3N2O8/c1-7-10-11-12-13-14-15-16-17-18-21-49-30-20-19-25(38)22-29(30)41-34(44)31(33(37(4,5)6)50-36(46)48-9-3)42(35(45)47-8-2)26-23-27(39)32(43)28(40)24-26/h19-20,22-24,43H,7-18,21H2,1-6H3,(H,41,44). The summed E-state index contributed by atoms with van der Waals surface area (Å²) in [5, 5.41) is 12.9. The molecule has 0 aliphatic carbocycles. The molecular formula is C37H51Cl3N2O8. The maximum absolute atomic E-state index is 14.5. The molecule has 0 saturated carbocycles. The minimum Gasteiger partial charge on any atom is -0.505 e. The third-order valence-corrected chi connectivity index (χ3v) is 8.25. The summed E-state index contributed by atoms with van der Waals surface area (Å²) in [4.78, 5) is 41.7. The smallest absolute Gasteiger partial charge is 0.505 e. The Hall–Kier alpha value is -3.34. The number of hydrogen-bond acceptors (Lipinski definition) is 8. The van der Waals surface area contributed by atoms with Gasteiger partial charge in [-0.2, -0.15) is 0 Å². The molecule has 0 radical (unpaired) electrons. The van der Waals surface area contributed by atoms with Crippen LogP contribution in [-0.2, 0) is 19.0 Å². The van der Waals surface area contributed by atoms with Gasteiger partial charge in [0.15, 0.2) is 11.4 Å². The lowest BCUT2D eigenvalue weighted by molar-refractivity contribution is -0.113. The number of ether oxygens (including phenoxy) is 4. The molecule has 278 valence electrons. The number of nitrogens with zero attached hydrogens (tertiary/aromatic N) is 1. The van der Waals surface area contributed by atoms with Crippen LogP contribution < -0.4 is 15.0 Å². The molecule has 0 aromatic heterocycles. The number of unbranched alkanes of at least 4 members (excludes halogenated alkanes) is 9. The summed E-state index contributed by atoms with van der Waals surface area (Å²) >= 11 is 18.8. The van der Waals surface area contributed by atoms with E-state index in [0.717, 1.165) is 24.2 Å². The zero-order chi connectivity index (χ0) is 37.3. The Labute approximate surface area is 311 Å². The maximum Gasteiger partial charge on any atom is 0.513 e. The molecule has 0 bridgehead atoms. The fourth-order valence-corrected chi connectivity index (χ4v) is 5.62. The number of anilines is 2. The number of hydrogen-bond donors (Lipinski definition) is 2. The minimum atomic E-state index is -1.10. The zero-order valence-corrected chi connectivity index (χ0v) is 32.2. The van der Waals surface area contributed by atoms with Crippen LogP contribution in [-0.4, -0.2) is 43.1 Å². The predicted octanol–water partition coefficient (Wildman–Crippen LogP) is 11.7. The van der Waals surface area contributed by atoms with Crippen molar-refractivity contribution in [1.29, 1.82) is 0 Å². The van der Waals surface area contributed by atoms with Crippen LogP contribution >= 0.6 is 34.8 Å². The molecule has 2 aromatic rings. The Balaban J connectivity index is 2.49. The van der Waals surface area contributed by atoms with Gasteiger partial charge < -0.3 is 29.4 Å². The van der Waals surface area contributed by atoms with Crippen molar-refractivity contribution in [2.45, 2.75) is 106 Å². The van der Waals surface area contributed by atoms with Crippen molar-refractivity contribution >= 4 is 64.3 Å². The van der Waals surface area contributed by atoms with Crippen LogP contribution in [0.4, 0.5) is 21.0 Å². The predicted molar refractivity (Wildman–Crippen MR) is 200 cm³/mol. The third-order valence-electron chi connectivity index (χ3n) is 7.44. The van der Waals surface area contributed by atoms with Crippen molar-refractivity contribution in [3.05, 3.63) is 56.9 Å². The molecule has 0 unspecified atom stereocenters. The van der Waals surface area contributed by atoms with Crippen molar-refractivity contribution in [3.8, 4) is 11.5 Å². The summed E-state index contributed by atoms with van der Waals surface area (Å²) in [5.41, 5.74) is -1.36. The molecule has 2 rings (SSSR count). The number of aromatic hydroxyl groups is 1. The van der Waals surface area contributed by atoms with Crippen molar-refractivity contribution < 1.29 is 38.4 Å². The molecule has 50 heavy (non-hydrogen) atoms. The molecule has 0 aliphatic rings. The summed E-state index contributed by atoms with van der Waals surface area (Å²) in [7, 11) is 0. The summed E-state index contributed by atoms with van der Waals surface area (Å²) in [5.74, 6) is -1.21. The number of rotatable bonds is 19. The molecule has 0 saturated heterocycles. The Morgan fingerprint density at radius 2 is 1.36 bits per heavy atom. The molecule has 0 heterocycles. The summed E-state index contributed by atoms with van der Waals surface area (Å²) < 4.78 is 22.1. The van der Waals surface area contributed by atoms with E-state index < -0.39 is 35.0 Å². The molecule has 0 fully saturated rings. The molecule has 2 N–H and O–H groups in total. The van der Waals surface area contributed by atoms with Gasteiger partial charge in [0.25, 0.3) is 5.91 Å². The zero-order valence-electron chi connectivity index (χ0n) is 30.0. The SMILES string of the molecule is CCCCCCCCCCCCOc1ccc(Cl)cc1NC(=O)C(=C(OC(=O)OCC)C(C)(C)C)N(C(=O)OCC)c1cc(Cl)c(O)c(Cl)c1. The molecule has 0 spiro atoms. The van der Waals surface area contributed by atoms with E-state index in [1.807, 2.05) is 0 Å². The highest BCUT2D eigenvalue weighted by Gasteiger charge is 2.38. The normalized spacial score (nSPS) is 11.8. The fourth-order valence-electron chi connectivity index (χ4n) is 4.97. The fraction of sp³-hybridized carbons (Fsp3) is 0.541. The van der Waals surface area contributed by atoms with Crippen LogP contribution in [0.15, 0.2) is 41.8 Å². The van der Waals surface area contributed by atoms with E-state index in [2.05, 4.69) is 12.2 Å². The molecule has 0 aliphatic heterocycles. The van der Waals surface area contributed by atoms with Gasteiger partial charge in [0.1, 0.15) is 11.5 Å². The van der Waals surface area contributed by atoms with Gasteiger partial charge in [-0.1, -0.05) is 120 Å². The lowest BCUT2D eigenvalue weighted by atomic mass is 9.91. The maximum atomic E-state index is 14.5. The monoisotopic (exact) mass is 756 g/mol. The number of nitrogens with one attached hydrogen (secondary N) is 1. The Morgan fingerprint density at radius 3 is 1.90 bits per heavy atom. The lowest BCUT2D eigenvalue weighted by Crippen LogP contribution is -2.40. The van der Waals surface area contributed by atoms with Crippen LogP contribution in [0, 0.1) is 5.41 Å². The van der Waals surface area contributed by atoms with Gasteiger partial charge >= 0.3 is 12.2 Å². The molecule has 10 nitrogen and oxygen atoms in total. The topological polar surface area (TPSA) is 124 Å². The van der Waals surface area contributed by atoms with Crippen LogP contribution in [0.2, 0.25) is 15.1 Å². The summed E-state index contributed by atoms with van der Waals surface area (Å²) in [6.45, 7) is 10.7. The van der Waals surface area contributed by atoms with Crippen LogP contribution in [0.25, 0.3) is 0 Å². The molecular weight excluding hydrogens is 707 g/mol. The van der Waals surface area contributed by atoms with Crippen LogP contribution in [0.1, 0.15) is 106 Å². The first-order valence-corrected chi connectivity index (χ1v) is 18.4. The number of phenols is 1. The number of benzene rings is 2. The van der Waals surface area contributed by atoms with E-state index in [1.165, 1.54) is 63.1 Å². The number of phenolic OH excluding ortho intramolecular Hbond substituents is 1. The van der Waals surface area contributed by atoms with Crippen molar-refractivity contribution in [3.63, 3.8) is 0 Å². The van der Waals surface area contributed by atoms with Gasteiger partial charge in [0.2, 0.25) is 0 Å². The highest BCUT2D eigenvalue weighted by molar-refractivity contribution is 6.37. The van der Waals surface area contributed by atoms with Crippen LogP contribution in [0.3, 0.4) is 0 Å². The molecule has 13 heteroatoms. The number of allylic oxidation sites excluding steroid dienone is 1. The van der Waals surface area contributed by atoms with Gasteiger partial charge in [0, 0.05) is 10.4 Å². The minimum absolute atomic E-state index is 0.00911. The first-order chi connectivity index (χ1) is 23.7. The van der Waals surface area contributed by atoms with Crippen molar-refractivity contribution in [2.24, 2.45) is 5.41 Å². The van der Waals surface area contributed by atoms with Gasteiger partial charge in [-0.25, -0.2) is 14.5 Å². The average molecular weight is 758 g/mol. The summed E-state index contributed by atoms with van der Waals surface area (Å²) in [6.07, 6.45) is 9.63. The quantitative estimate of drug-likeness (QED) is 0.0628. The van der Waals surface area contributed by atoms with E-state index in [4.69, 9.17) is 53.8 Å². The van der Waals surface area contributed by atoms with Gasteiger partial charge in [-0.3, -0.25) is 4.79 Å². The molecule has 0 atom stereocenters. The second-order valence-corrected chi connectivity index (χ2v) is 13.9. The largest absolute Gasteiger partial charge is 0.513 e. The van der Waals surface area contributed by atoms with E-state index >= 15 is 0 Å². The highest BCUT2D eigenvalue weighted by atomic mass is 35.5. The molecule has 2 amide bonds. The number of halogens is 3. The summed E-state index contributed by atoms with van der Waals surface area (Å²) in [6, 6.07) is 7.23. The Kier molecular flexibility index (Phi) is 18.7. The second-order valence-electron chi connectivity index (χ2n) is 12.6. The van der Waals surface area contributed by atoms with E-state index in [9.17, 15) is 19.5 Å². The highest BCUT2D eigenvalue weighted by Crippen LogP contribution is 2.40. The number of carbonyl (C=O) groups excluding carboxylic acids is 3. The van der Waals surface area contributed by atoms with E-state index in [0.29, 0.717) is 17.4 Å². The average Bonchev–Trinajstić information content (AvgIpc) is 3.04. The van der Waals surface area contributed by atoms with Crippen molar-refractivity contribution in [1.82, 2.24) is 0 Å². The van der Waals surface area contributed by atoms with Gasteiger partial charge in [-0.05, 0) is 50.6 Å². The van der Waals surface area contributed by atoms with E-state index in [-0.39, 0.29) is 40.4 Å². The van der Waals surface area contributed by atoms with Crippen molar-refractivity contribution in [2.75, 3.05) is 30.0 Å². The molecule has 2 aromatic carbocycles. The Morgan fingerprint density at radius 1 is 0.800 bits per heavy atom. The first-order valence-electron chi connectivity index (χ1n) is 17.2. The van der Waals surface area contributed by atoms with Crippen LogP contribution in [0.5, 0.6) is 11.5 Å².